The Hall–Kier alpha value is -4.46. The minimum absolute atomic E-state index is 0.0239. The number of imide groups is 2. The van der Waals surface area contributed by atoms with Crippen LogP contribution in [0.2, 0.25) is 0 Å². The van der Waals surface area contributed by atoms with Gasteiger partial charge in [0.15, 0.2) is 0 Å². The van der Waals surface area contributed by atoms with Crippen LogP contribution in [-0.2, 0) is 0 Å². The Morgan fingerprint density at radius 2 is 1.23 bits per heavy atom. The number of rotatable bonds is 3. The van der Waals surface area contributed by atoms with Crippen LogP contribution in [0.3, 0.4) is 0 Å². The van der Waals surface area contributed by atoms with E-state index in [0.717, 1.165) is 4.90 Å². The van der Waals surface area contributed by atoms with E-state index in [2.05, 4.69) is 5.32 Å². The number of aromatic hydroxyl groups is 1. The third-order valence-electron chi connectivity index (χ3n) is 4.91. The van der Waals surface area contributed by atoms with E-state index in [0.29, 0.717) is 17.2 Å². The monoisotopic (exact) mass is 400 g/mol. The van der Waals surface area contributed by atoms with Crippen molar-refractivity contribution in [3.63, 3.8) is 0 Å². The number of carbonyl (C=O) groups excluding carboxylic acids is 4. The van der Waals surface area contributed by atoms with Gasteiger partial charge in [-0.15, -0.1) is 0 Å². The molecule has 0 aromatic heterocycles. The molecule has 0 radical (unpaired) electrons. The van der Waals surface area contributed by atoms with E-state index in [1.165, 1.54) is 48.5 Å². The van der Waals surface area contributed by atoms with E-state index in [1.54, 1.807) is 12.1 Å². The zero-order chi connectivity index (χ0) is 21.0. The van der Waals surface area contributed by atoms with Gasteiger partial charge in [-0.3, -0.25) is 24.5 Å². The highest BCUT2D eigenvalue weighted by Gasteiger charge is 2.37. The molecule has 2 N–H and O–H groups in total. The molecule has 0 unspecified atom stereocenters. The van der Waals surface area contributed by atoms with Crippen LogP contribution in [0.15, 0.2) is 60.7 Å². The lowest BCUT2D eigenvalue weighted by atomic mass is 10.1. The van der Waals surface area contributed by atoms with Gasteiger partial charge >= 0.3 is 0 Å². The first kappa shape index (κ1) is 17.6. The Morgan fingerprint density at radius 3 is 1.93 bits per heavy atom. The first-order valence-corrected chi connectivity index (χ1v) is 8.92. The summed E-state index contributed by atoms with van der Waals surface area (Å²) in [6.07, 6.45) is 0. The molecule has 30 heavy (non-hydrogen) atoms. The Morgan fingerprint density at radius 1 is 0.667 bits per heavy atom. The first-order valence-electron chi connectivity index (χ1n) is 8.92. The third-order valence-corrected chi connectivity index (χ3v) is 4.91. The normalized spacial score (nSPS) is 14.6. The SMILES string of the molecule is O=C1NC(=O)c2cc(Oc3ccc4c(c3)C(=O)N(c3ccc(O)cc3)C4=O)ccc21. The molecule has 0 saturated carbocycles. The summed E-state index contributed by atoms with van der Waals surface area (Å²) in [5.74, 6) is -1.31. The maximum atomic E-state index is 12.8. The molecule has 8 nitrogen and oxygen atoms in total. The molecule has 0 aliphatic carbocycles. The van der Waals surface area contributed by atoms with Crippen molar-refractivity contribution in [1.82, 2.24) is 5.32 Å². The van der Waals surface area contributed by atoms with Crippen LogP contribution < -0.4 is 15.0 Å². The molecule has 2 aliphatic rings. The summed E-state index contributed by atoms with van der Waals surface area (Å²) in [6.45, 7) is 0. The molecule has 3 aromatic rings. The highest BCUT2D eigenvalue weighted by atomic mass is 16.5. The van der Waals surface area contributed by atoms with Crippen LogP contribution in [0.4, 0.5) is 5.69 Å². The number of ether oxygens (including phenoxy) is 1. The summed E-state index contributed by atoms with van der Waals surface area (Å²) in [4.78, 5) is 50.0. The van der Waals surface area contributed by atoms with Crippen molar-refractivity contribution < 1.29 is 29.0 Å². The van der Waals surface area contributed by atoms with Gasteiger partial charge in [-0.05, 0) is 60.7 Å². The topological polar surface area (TPSA) is 113 Å². The van der Waals surface area contributed by atoms with E-state index in [-0.39, 0.29) is 28.0 Å². The van der Waals surface area contributed by atoms with Gasteiger partial charge in [-0.2, -0.15) is 0 Å². The highest BCUT2D eigenvalue weighted by molar-refractivity contribution is 6.34. The van der Waals surface area contributed by atoms with Crippen molar-refractivity contribution in [2.75, 3.05) is 4.90 Å². The van der Waals surface area contributed by atoms with Crippen molar-refractivity contribution in [2.24, 2.45) is 0 Å². The van der Waals surface area contributed by atoms with Gasteiger partial charge in [-0.1, -0.05) is 0 Å². The van der Waals surface area contributed by atoms with Crippen LogP contribution >= 0.6 is 0 Å². The number of hydrogen-bond acceptors (Lipinski definition) is 6. The summed E-state index contributed by atoms with van der Waals surface area (Å²) < 4.78 is 5.75. The van der Waals surface area contributed by atoms with Gasteiger partial charge in [0.1, 0.15) is 17.2 Å². The lowest BCUT2D eigenvalue weighted by molar-refractivity contribution is 0.0874. The minimum Gasteiger partial charge on any atom is -0.508 e. The zero-order valence-corrected chi connectivity index (χ0v) is 15.2. The Bertz CT molecular complexity index is 1280. The zero-order valence-electron chi connectivity index (χ0n) is 15.2. The van der Waals surface area contributed by atoms with Crippen LogP contribution in [0.1, 0.15) is 41.4 Å². The maximum Gasteiger partial charge on any atom is 0.266 e. The molecule has 4 amide bonds. The van der Waals surface area contributed by atoms with Crippen LogP contribution in [0.25, 0.3) is 0 Å². The first-order chi connectivity index (χ1) is 14.4. The summed E-state index contributed by atoms with van der Waals surface area (Å²) in [5.41, 5.74) is 1.24. The fourth-order valence-corrected chi connectivity index (χ4v) is 3.47. The molecule has 0 atom stereocenters. The number of nitrogens with zero attached hydrogens (tertiary/aromatic N) is 1. The molecule has 2 heterocycles. The standard InChI is InChI=1S/C22H12N2O6/c25-12-3-1-11(2-4-12)24-21(28)16-8-6-14(10-18(16)22(24)29)30-13-5-7-15-17(9-13)20(27)23-19(15)26/h1-10,25H,(H,23,26,27). The highest BCUT2D eigenvalue weighted by Crippen LogP contribution is 2.33. The predicted molar refractivity (Wildman–Crippen MR) is 104 cm³/mol. The molecular formula is C22H12N2O6. The smallest absolute Gasteiger partial charge is 0.266 e. The van der Waals surface area contributed by atoms with Crippen molar-refractivity contribution in [3.05, 3.63) is 82.9 Å². The number of phenolic OH excluding ortho intramolecular Hbond substituents is 1. The Balaban J connectivity index is 1.45. The number of benzene rings is 3. The number of fused-ring (bicyclic) bond motifs is 2. The van der Waals surface area contributed by atoms with Crippen LogP contribution in [-0.4, -0.2) is 28.7 Å². The van der Waals surface area contributed by atoms with Gasteiger partial charge in [-0.25, -0.2) is 4.90 Å². The van der Waals surface area contributed by atoms with Gasteiger partial charge in [0, 0.05) is 0 Å². The summed E-state index contributed by atoms with van der Waals surface area (Å²) >= 11 is 0. The minimum atomic E-state index is -0.509. The van der Waals surface area contributed by atoms with Crippen molar-refractivity contribution in [3.8, 4) is 17.2 Å². The van der Waals surface area contributed by atoms with Gasteiger partial charge < -0.3 is 9.84 Å². The molecular weight excluding hydrogens is 388 g/mol. The number of hydrogen-bond donors (Lipinski definition) is 2. The molecule has 0 bridgehead atoms. The number of nitrogens with one attached hydrogen (secondary N) is 1. The third kappa shape index (κ3) is 2.62. The number of phenols is 1. The van der Waals surface area contributed by atoms with E-state index >= 15 is 0 Å². The predicted octanol–water partition coefficient (Wildman–Crippen LogP) is 2.87. The molecule has 0 spiro atoms. The van der Waals surface area contributed by atoms with Crippen molar-refractivity contribution in [1.29, 1.82) is 0 Å². The van der Waals surface area contributed by atoms with E-state index in [4.69, 9.17) is 4.74 Å². The van der Waals surface area contributed by atoms with Crippen LogP contribution in [0.5, 0.6) is 17.2 Å². The number of anilines is 1. The van der Waals surface area contributed by atoms with Gasteiger partial charge in [0.25, 0.3) is 23.6 Å². The van der Waals surface area contributed by atoms with Gasteiger partial charge in [0.05, 0.1) is 27.9 Å². The van der Waals surface area contributed by atoms with E-state index in [1.807, 2.05) is 0 Å². The molecule has 146 valence electrons. The molecule has 2 aliphatic heterocycles. The second-order valence-corrected chi connectivity index (χ2v) is 6.76. The van der Waals surface area contributed by atoms with E-state index in [9.17, 15) is 24.3 Å². The van der Waals surface area contributed by atoms with Gasteiger partial charge in [0.2, 0.25) is 0 Å². The maximum absolute atomic E-state index is 12.8. The Labute approximate surface area is 169 Å². The number of amides is 4. The average Bonchev–Trinajstić information content (AvgIpc) is 3.15. The molecule has 5 rings (SSSR count). The molecule has 0 saturated heterocycles. The Kier molecular flexibility index (Phi) is 3.69. The summed E-state index contributed by atoms with van der Waals surface area (Å²) in [5, 5.41) is 11.6. The molecule has 8 heteroatoms. The second kappa shape index (κ2) is 6.28. The van der Waals surface area contributed by atoms with Crippen molar-refractivity contribution >= 4 is 29.3 Å². The molecule has 3 aromatic carbocycles. The van der Waals surface area contributed by atoms with E-state index < -0.39 is 23.6 Å². The summed E-state index contributed by atoms with van der Waals surface area (Å²) in [6, 6.07) is 14.7. The van der Waals surface area contributed by atoms with Crippen molar-refractivity contribution in [2.45, 2.75) is 0 Å². The molecule has 0 fully saturated rings. The average molecular weight is 400 g/mol. The fourth-order valence-electron chi connectivity index (χ4n) is 3.47. The van der Waals surface area contributed by atoms with Crippen LogP contribution in [0, 0.1) is 0 Å². The second-order valence-electron chi connectivity index (χ2n) is 6.76. The fraction of sp³-hybridized carbons (Fsp3) is 0. The summed E-state index contributed by atoms with van der Waals surface area (Å²) in [7, 11) is 0. The number of carbonyl (C=O) groups is 4. The lowest BCUT2D eigenvalue weighted by Gasteiger charge is -2.13. The lowest BCUT2D eigenvalue weighted by Crippen LogP contribution is -2.29. The quantitative estimate of drug-likeness (QED) is 0.654. The largest absolute Gasteiger partial charge is 0.508 e.